The van der Waals surface area contributed by atoms with Gasteiger partial charge in [-0.05, 0) is 33.1 Å². The molecular formula is C13H24N4O. The molecule has 3 N–H and O–H groups in total. The maximum Gasteiger partial charge on any atom is 0.132 e. The number of aryl methyl sites for hydroxylation is 1. The first kappa shape index (κ1) is 14.7. The Hall–Kier alpha value is -1.36. The summed E-state index contributed by atoms with van der Waals surface area (Å²) in [5.41, 5.74) is 0. The molecule has 1 rings (SSSR count). The van der Waals surface area contributed by atoms with Crippen LogP contribution in [0, 0.1) is 6.92 Å². The number of rotatable bonds is 8. The second kappa shape index (κ2) is 7.87. The Morgan fingerprint density at radius 3 is 2.72 bits per heavy atom. The number of aromatic nitrogens is 2. The zero-order valence-corrected chi connectivity index (χ0v) is 11.5. The minimum atomic E-state index is 0.234. The molecule has 0 fully saturated rings. The van der Waals surface area contributed by atoms with Crippen LogP contribution in [0.25, 0.3) is 0 Å². The van der Waals surface area contributed by atoms with Crippen molar-refractivity contribution in [1.82, 2.24) is 9.97 Å². The fraction of sp³-hybridized carbons (Fsp3) is 0.692. The summed E-state index contributed by atoms with van der Waals surface area (Å²) in [6, 6.07) is 2.23. The second-order valence-electron chi connectivity index (χ2n) is 4.52. The Labute approximate surface area is 109 Å². The van der Waals surface area contributed by atoms with Crippen molar-refractivity contribution in [2.24, 2.45) is 0 Å². The monoisotopic (exact) mass is 252 g/mol. The van der Waals surface area contributed by atoms with Crippen LogP contribution in [0.15, 0.2) is 6.07 Å². The standard InChI is InChI=1S/C13H24N4O/c1-4-7-14-12-9-13(17-11(3)16-12)15-10(2)6-5-8-18/h9-10,18H,4-8H2,1-3H3,(H2,14,15,16,17). The molecule has 0 aliphatic carbocycles. The maximum atomic E-state index is 8.80. The van der Waals surface area contributed by atoms with Gasteiger partial charge in [-0.2, -0.15) is 0 Å². The van der Waals surface area contributed by atoms with Crippen LogP contribution in [0.5, 0.6) is 0 Å². The molecule has 5 nitrogen and oxygen atoms in total. The Bertz CT molecular complexity index is 357. The molecule has 18 heavy (non-hydrogen) atoms. The fourth-order valence-electron chi connectivity index (χ4n) is 1.71. The van der Waals surface area contributed by atoms with Crippen molar-refractivity contribution in [2.45, 2.75) is 46.1 Å². The van der Waals surface area contributed by atoms with Crippen LogP contribution < -0.4 is 10.6 Å². The lowest BCUT2D eigenvalue weighted by Crippen LogP contribution is -2.17. The van der Waals surface area contributed by atoms with Crippen LogP contribution in [0.3, 0.4) is 0 Å². The van der Waals surface area contributed by atoms with E-state index in [-0.39, 0.29) is 6.61 Å². The van der Waals surface area contributed by atoms with Crippen LogP contribution in [0.2, 0.25) is 0 Å². The van der Waals surface area contributed by atoms with E-state index in [0.29, 0.717) is 6.04 Å². The quantitative estimate of drug-likeness (QED) is 0.661. The highest BCUT2D eigenvalue weighted by Gasteiger charge is 2.05. The zero-order chi connectivity index (χ0) is 13.4. The van der Waals surface area contributed by atoms with E-state index < -0.39 is 0 Å². The maximum absolute atomic E-state index is 8.80. The molecule has 0 aliphatic heterocycles. The molecular weight excluding hydrogens is 228 g/mol. The highest BCUT2D eigenvalue weighted by molar-refractivity contribution is 5.47. The van der Waals surface area contributed by atoms with Crippen LogP contribution in [-0.2, 0) is 0 Å². The van der Waals surface area contributed by atoms with E-state index in [0.717, 1.165) is 43.3 Å². The minimum absolute atomic E-state index is 0.234. The predicted octanol–water partition coefficient (Wildman–Crippen LogP) is 2.18. The van der Waals surface area contributed by atoms with Crippen molar-refractivity contribution in [1.29, 1.82) is 0 Å². The van der Waals surface area contributed by atoms with E-state index in [1.165, 1.54) is 0 Å². The first-order valence-corrected chi connectivity index (χ1v) is 6.62. The topological polar surface area (TPSA) is 70.1 Å². The molecule has 102 valence electrons. The molecule has 1 aromatic heterocycles. The van der Waals surface area contributed by atoms with Crippen molar-refractivity contribution >= 4 is 11.6 Å². The summed E-state index contributed by atoms with van der Waals surface area (Å²) in [5.74, 6) is 2.46. The Kier molecular flexibility index (Phi) is 6.43. The molecule has 0 radical (unpaired) electrons. The number of anilines is 2. The van der Waals surface area contributed by atoms with Gasteiger partial charge in [0, 0.05) is 25.3 Å². The highest BCUT2D eigenvalue weighted by atomic mass is 16.2. The van der Waals surface area contributed by atoms with Gasteiger partial charge < -0.3 is 15.7 Å². The number of hydrogen-bond donors (Lipinski definition) is 3. The summed E-state index contributed by atoms with van der Waals surface area (Å²) < 4.78 is 0. The van der Waals surface area contributed by atoms with Gasteiger partial charge in [-0.25, -0.2) is 9.97 Å². The Balaban J connectivity index is 2.61. The average molecular weight is 252 g/mol. The fourth-order valence-corrected chi connectivity index (χ4v) is 1.71. The van der Waals surface area contributed by atoms with Gasteiger partial charge in [-0.15, -0.1) is 0 Å². The smallest absolute Gasteiger partial charge is 0.132 e. The molecule has 1 aromatic rings. The molecule has 0 aliphatic rings. The van der Waals surface area contributed by atoms with Gasteiger partial charge in [0.1, 0.15) is 17.5 Å². The first-order valence-electron chi connectivity index (χ1n) is 6.62. The van der Waals surface area contributed by atoms with Gasteiger partial charge in [0.15, 0.2) is 0 Å². The minimum Gasteiger partial charge on any atom is -0.396 e. The molecule has 1 heterocycles. The molecule has 1 atom stereocenters. The third-order valence-corrected chi connectivity index (χ3v) is 2.58. The normalized spacial score (nSPS) is 12.2. The van der Waals surface area contributed by atoms with E-state index >= 15 is 0 Å². The first-order chi connectivity index (χ1) is 8.65. The summed E-state index contributed by atoms with van der Waals surface area (Å²) in [5, 5.41) is 15.4. The zero-order valence-electron chi connectivity index (χ0n) is 11.5. The lowest BCUT2D eigenvalue weighted by Gasteiger charge is -2.15. The average Bonchev–Trinajstić information content (AvgIpc) is 2.33. The molecule has 0 amide bonds. The molecule has 0 saturated carbocycles. The summed E-state index contributed by atoms with van der Waals surface area (Å²) >= 11 is 0. The second-order valence-corrected chi connectivity index (χ2v) is 4.52. The Morgan fingerprint density at radius 2 is 2.06 bits per heavy atom. The van der Waals surface area contributed by atoms with E-state index in [2.05, 4.69) is 34.4 Å². The van der Waals surface area contributed by atoms with Crippen LogP contribution in [0.4, 0.5) is 11.6 Å². The number of hydrogen-bond acceptors (Lipinski definition) is 5. The molecule has 0 bridgehead atoms. The lowest BCUT2D eigenvalue weighted by molar-refractivity contribution is 0.282. The predicted molar refractivity (Wildman–Crippen MR) is 75.0 cm³/mol. The van der Waals surface area contributed by atoms with Crippen LogP contribution in [-0.4, -0.2) is 34.3 Å². The third kappa shape index (κ3) is 5.31. The van der Waals surface area contributed by atoms with E-state index in [1.807, 2.05) is 13.0 Å². The molecule has 0 aromatic carbocycles. The van der Waals surface area contributed by atoms with Gasteiger partial charge in [0.25, 0.3) is 0 Å². The van der Waals surface area contributed by atoms with E-state index in [9.17, 15) is 0 Å². The van der Waals surface area contributed by atoms with E-state index in [4.69, 9.17) is 5.11 Å². The Morgan fingerprint density at radius 1 is 1.33 bits per heavy atom. The number of nitrogens with one attached hydrogen (secondary N) is 2. The van der Waals surface area contributed by atoms with Crippen molar-refractivity contribution in [3.8, 4) is 0 Å². The molecule has 0 spiro atoms. The van der Waals surface area contributed by atoms with Gasteiger partial charge in [0.2, 0.25) is 0 Å². The summed E-state index contributed by atoms with van der Waals surface area (Å²) in [6.07, 6.45) is 2.80. The molecule has 0 saturated heterocycles. The summed E-state index contributed by atoms with van der Waals surface area (Å²) in [6.45, 7) is 7.25. The largest absolute Gasteiger partial charge is 0.396 e. The van der Waals surface area contributed by atoms with Crippen LogP contribution in [0.1, 0.15) is 38.9 Å². The lowest BCUT2D eigenvalue weighted by atomic mass is 10.2. The molecule has 5 heteroatoms. The van der Waals surface area contributed by atoms with Crippen LogP contribution >= 0.6 is 0 Å². The number of aliphatic hydroxyl groups excluding tert-OH is 1. The van der Waals surface area contributed by atoms with Crippen molar-refractivity contribution in [3.05, 3.63) is 11.9 Å². The summed E-state index contributed by atoms with van der Waals surface area (Å²) in [4.78, 5) is 8.70. The summed E-state index contributed by atoms with van der Waals surface area (Å²) in [7, 11) is 0. The van der Waals surface area contributed by atoms with Crippen molar-refractivity contribution in [2.75, 3.05) is 23.8 Å². The van der Waals surface area contributed by atoms with Gasteiger partial charge in [-0.3, -0.25) is 0 Å². The van der Waals surface area contributed by atoms with Gasteiger partial charge in [-0.1, -0.05) is 6.92 Å². The van der Waals surface area contributed by atoms with E-state index in [1.54, 1.807) is 0 Å². The third-order valence-electron chi connectivity index (χ3n) is 2.58. The molecule has 1 unspecified atom stereocenters. The van der Waals surface area contributed by atoms with Gasteiger partial charge >= 0.3 is 0 Å². The highest BCUT2D eigenvalue weighted by Crippen LogP contribution is 2.13. The number of nitrogens with zero attached hydrogens (tertiary/aromatic N) is 2. The van der Waals surface area contributed by atoms with Gasteiger partial charge in [0.05, 0.1) is 0 Å². The number of aliphatic hydroxyl groups is 1. The SMILES string of the molecule is CCCNc1cc(NC(C)CCCO)nc(C)n1. The van der Waals surface area contributed by atoms with Crippen molar-refractivity contribution < 1.29 is 5.11 Å². The van der Waals surface area contributed by atoms with Crippen molar-refractivity contribution in [3.63, 3.8) is 0 Å².